The average molecular weight is 797 g/mol. The van der Waals surface area contributed by atoms with Crippen LogP contribution >= 0.6 is 15.9 Å². The number of alkyl carbamates (subject to hydrolysis) is 1. The van der Waals surface area contributed by atoms with E-state index in [0.29, 0.717) is 12.4 Å². The lowest BCUT2D eigenvalue weighted by Gasteiger charge is -2.25. The number of para-hydroxylation sites is 1. The van der Waals surface area contributed by atoms with Gasteiger partial charge in [-0.1, -0.05) is 84.9 Å². The normalized spacial score (nSPS) is 12.9. The number of aromatic amines is 1. The van der Waals surface area contributed by atoms with E-state index in [0.717, 1.165) is 37.6 Å². The largest absolute Gasteiger partial charge is 0.489 e. The van der Waals surface area contributed by atoms with Crippen molar-refractivity contribution >= 4 is 50.6 Å². The second-order valence-electron chi connectivity index (χ2n) is 14.0. The third-order valence-electron chi connectivity index (χ3n) is 8.49. The molecule has 282 valence electrons. The molecular formula is C42H46BrN5O6. The minimum absolute atomic E-state index is 0.110. The summed E-state index contributed by atoms with van der Waals surface area (Å²) in [5.74, 6) is -0.896. The number of carbonyl (C=O) groups excluding carboxylic acids is 4. The maximum atomic E-state index is 13.7. The van der Waals surface area contributed by atoms with Gasteiger partial charge in [0.05, 0.1) is 5.52 Å². The van der Waals surface area contributed by atoms with E-state index in [1.165, 1.54) is 6.92 Å². The Bertz CT molecular complexity index is 2030. The van der Waals surface area contributed by atoms with Gasteiger partial charge in [0, 0.05) is 35.4 Å². The van der Waals surface area contributed by atoms with Crippen LogP contribution in [0.2, 0.25) is 0 Å². The van der Waals surface area contributed by atoms with E-state index in [1.54, 1.807) is 32.9 Å². The molecule has 4 aromatic carbocycles. The van der Waals surface area contributed by atoms with E-state index < -0.39 is 41.6 Å². The highest BCUT2D eigenvalue weighted by atomic mass is 79.9. The summed E-state index contributed by atoms with van der Waals surface area (Å²) in [7, 11) is 0. The smallest absolute Gasteiger partial charge is 0.408 e. The summed E-state index contributed by atoms with van der Waals surface area (Å²) in [6, 6.07) is 29.1. The monoisotopic (exact) mass is 795 g/mol. The third-order valence-corrected chi connectivity index (χ3v) is 9.15. The van der Waals surface area contributed by atoms with Crippen molar-refractivity contribution in [3.05, 3.63) is 136 Å². The SMILES string of the molecule is C[C@H](NC(=O)[C@H](Cc1ccc(OCc2ccccc2)cc1)NC(=O)OC(C)(C)C)C(=O)N[C@@H](Cc1c[nH]c2c(Br)cccc12)C(=O)NCc1ccccc1. The van der Waals surface area contributed by atoms with Crippen molar-refractivity contribution in [2.45, 2.75) is 77.4 Å². The lowest BCUT2D eigenvalue weighted by atomic mass is 10.0. The van der Waals surface area contributed by atoms with E-state index in [9.17, 15) is 19.2 Å². The van der Waals surface area contributed by atoms with Gasteiger partial charge in [-0.15, -0.1) is 0 Å². The molecule has 54 heavy (non-hydrogen) atoms. The molecule has 4 amide bonds. The topological polar surface area (TPSA) is 151 Å². The number of carbonyl (C=O) groups is 4. The van der Waals surface area contributed by atoms with E-state index in [4.69, 9.17) is 9.47 Å². The van der Waals surface area contributed by atoms with Crippen LogP contribution in [0.15, 0.2) is 114 Å². The van der Waals surface area contributed by atoms with Crippen LogP contribution in [0.5, 0.6) is 5.75 Å². The molecule has 1 aromatic heterocycles. The van der Waals surface area contributed by atoms with E-state index in [1.807, 2.05) is 97.2 Å². The van der Waals surface area contributed by atoms with Crippen molar-refractivity contribution < 1.29 is 28.7 Å². The molecule has 0 saturated heterocycles. The van der Waals surface area contributed by atoms with Crippen LogP contribution in [-0.4, -0.2) is 52.5 Å². The summed E-state index contributed by atoms with van der Waals surface area (Å²) in [5, 5.41) is 12.1. The van der Waals surface area contributed by atoms with Crippen molar-refractivity contribution in [1.29, 1.82) is 0 Å². The number of fused-ring (bicyclic) bond motifs is 1. The average Bonchev–Trinajstić information content (AvgIpc) is 3.56. The van der Waals surface area contributed by atoms with Crippen LogP contribution in [0.25, 0.3) is 10.9 Å². The Labute approximate surface area is 323 Å². The molecule has 5 rings (SSSR count). The Morgan fingerprint density at radius 2 is 1.35 bits per heavy atom. The molecule has 0 aliphatic heterocycles. The van der Waals surface area contributed by atoms with Gasteiger partial charge in [-0.2, -0.15) is 0 Å². The third kappa shape index (κ3) is 11.7. The summed E-state index contributed by atoms with van der Waals surface area (Å²) in [6.07, 6.45) is 1.35. The number of aromatic nitrogens is 1. The van der Waals surface area contributed by atoms with Gasteiger partial charge in [0.15, 0.2) is 0 Å². The van der Waals surface area contributed by atoms with Crippen LogP contribution in [0.1, 0.15) is 49.9 Å². The zero-order valence-electron chi connectivity index (χ0n) is 30.8. The van der Waals surface area contributed by atoms with Crippen molar-refractivity contribution in [1.82, 2.24) is 26.3 Å². The Kier molecular flexibility index (Phi) is 13.5. The number of ether oxygens (including phenoxy) is 2. The maximum absolute atomic E-state index is 13.7. The number of hydrogen-bond donors (Lipinski definition) is 5. The standard InChI is InChI=1S/C42H46BrN5O6/c1-27(38(49)47-36(39(50)45-24-29-12-7-5-8-13-29)23-31-25-44-37-33(31)16-11-17-34(37)43)46-40(51)35(48-41(52)54-42(2,3)4)22-28-18-20-32(21-19-28)53-26-30-14-9-6-10-15-30/h5-21,25,27,35-36,44H,22-24,26H2,1-4H3,(H,45,50)(H,46,51)(H,47,49)(H,48,52)/t27-,35-,36-/m0/s1. The summed E-state index contributed by atoms with van der Waals surface area (Å²) in [5.41, 5.74) is 3.60. The second kappa shape index (κ2) is 18.4. The van der Waals surface area contributed by atoms with Gasteiger partial charge in [0.2, 0.25) is 17.7 Å². The lowest BCUT2D eigenvalue weighted by Crippen LogP contribution is -2.56. The molecule has 3 atom stereocenters. The van der Waals surface area contributed by atoms with Crippen LogP contribution in [0, 0.1) is 0 Å². The summed E-state index contributed by atoms with van der Waals surface area (Å²) in [6.45, 7) is 7.38. The maximum Gasteiger partial charge on any atom is 0.408 e. The predicted octanol–water partition coefficient (Wildman–Crippen LogP) is 6.49. The number of benzene rings is 4. The number of nitrogens with one attached hydrogen (secondary N) is 5. The van der Waals surface area contributed by atoms with Gasteiger partial charge in [0.1, 0.15) is 36.1 Å². The zero-order chi connectivity index (χ0) is 38.7. The van der Waals surface area contributed by atoms with Crippen LogP contribution in [0.4, 0.5) is 4.79 Å². The Morgan fingerprint density at radius 1 is 0.704 bits per heavy atom. The number of halogens is 1. The fraction of sp³-hybridized carbons (Fsp3) is 0.286. The van der Waals surface area contributed by atoms with Crippen LogP contribution in [-0.2, 0) is 45.1 Å². The summed E-state index contributed by atoms with van der Waals surface area (Å²) < 4.78 is 12.2. The molecule has 11 nitrogen and oxygen atoms in total. The van der Waals surface area contributed by atoms with E-state index in [2.05, 4.69) is 42.2 Å². The lowest BCUT2D eigenvalue weighted by molar-refractivity contribution is -0.132. The number of amides is 4. The number of hydrogen-bond acceptors (Lipinski definition) is 6. The molecule has 1 heterocycles. The second-order valence-corrected chi connectivity index (χ2v) is 14.9. The van der Waals surface area contributed by atoms with Gasteiger partial charge >= 0.3 is 6.09 Å². The Balaban J connectivity index is 1.27. The molecule has 12 heteroatoms. The molecular weight excluding hydrogens is 750 g/mol. The van der Waals surface area contributed by atoms with Gasteiger partial charge in [-0.05, 0) is 84.1 Å². The highest BCUT2D eigenvalue weighted by Crippen LogP contribution is 2.26. The van der Waals surface area contributed by atoms with Gasteiger partial charge < -0.3 is 35.7 Å². The predicted molar refractivity (Wildman–Crippen MR) is 212 cm³/mol. The first-order valence-corrected chi connectivity index (χ1v) is 18.6. The molecule has 5 aromatic rings. The first-order chi connectivity index (χ1) is 25.8. The highest BCUT2D eigenvalue weighted by Gasteiger charge is 2.29. The fourth-order valence-electron chi connectivity index (χ4n) is 5.72. The van der Waals surface area contributed by atoms with Gasteiger partial charge in [0.25, 0.3) is 0 Å². The molecule has 0 aliphatic carbocycles. The molecule has 0 spiro atoms. The summed E-state index contributed by atoms with van der Waals surface area (Å²) in [4.78, 5) is 57.1. The van der Waals surface area contributed by atoms with Crippen molar-refractivity contribution in [3.8, 4) is 5.75 Å². The quantitative estimate of drug-likeness (QED) is 0.0818. The van der Waals surface area contributed by atoms with Crippen molar-refractivity contribution in [2.24, 2.45) is 0 Å². The van der Waals surface area contributed by atoms with Crippen molar-refractivity contribution in [3.63, 3.8) is 0 Å². The van der Waals surface area contributed by atoms with Crippen LogP contribution < -0.4 is 26.0 Å². The minimum atomic E-state index is -1.08. The molecule has 0 unspecified atom stereocenters. The highest BCUT2D eigenvalue weighted by molar-refractivity contribution is 9.10. The molecule has 0 fully saturated rings. The number of rotatable bonds is 15. The van der Waals surface area contributed by atoms with E-state index >= 15 is 0 Å². The zero-order valence-corrected chi connectivity index (χ0v) is 32.4. The van der Waals surface area contributed by atoms with Crippen molar-refractivity contribution in [2.75, 3.05) is 0 Å². The first kappa shape index (κ1) is 39.6. The first-order valence-electron chi connectivity index (χ1n) is 17.8. The summed E-state index contributed by atoms with van der Waals surface area (Å²) >= 11 is 3.56. The van der Waals surface area contributed by atoms with E-state index in [-0.39, 0.29) is 25.3 Å². The van der Waals surface area contributed by atoms with Crippen LogP contribution in [0.3, 0.4) is 0 Å². The minimum Gasteiger partial charge on any atom is -0.489 e. The number of H-pyrrole nitrogens is 1. The van der Waals surface area contributed by atoms with Gasteiger partial charge in [-0.25, -0.2) is 4.79 Å². The Morgan fingerprint density at radius 3 is 2.02 bits per heavy atom. The molecule has 0 saturated carbocycles. The molecule has 0 bridgehead atoms. The van der Waals surface area contributed by atoms with Gasteiger partial charge in [-0.3, -0.25) is 14.4 Å². The Hall–Kier alpha value is -5.62. The molecule has 0 aliphatic rings. The molecule has 5 N–H and O–H groups in total. The fourth-order valence-corrected chi connectivity index (χ4v) is 6.20. The molecule has 0 radical (unpaired) electrons.